The number of hydrogen-bond acceptors (Lipinski definition) is 1. The van der Waals surface area contributed by atoms with E-state index in [0.717, 1.165) is 5.75 Å². The summed E-state index contributed by atoms with van der Waals surface area (Å²) in [7, 11) is 0. The maximum atomic E-state index is 4.15. The summed E-state index contributed by atoms with van der Waals surface area (Å²) >= 11 is 4.15. The molecule has 0 aliphatic heterocycles. The molecule has 0 atom stereocenters. The van der Waals surface area contributed by atoms with Crippen LogP contribution >= 0.6 is 12.6 Å². The second-order valence-corrected chi connectivity index (χ2v) is 3.69. The number of aryl methyl sites for hydroxylation is 1. The van der Waals surface area contributed by atoms with Gasteiger partial charge in [-0.15, -0.1) is 0 Å². The van der Waals surface area contributed by atoms with Crippen LogP contribution in [0, 0.1) is 6.92 Å². The topological polar surface area (TPSA) is 15.8 Å². The molecule has 1 aromatic carbocycles. The van der Waals surface area contributed by atoms with Crippen LogP contribution in [0.3, 0.4) is 0 Å². The summed E-state index contributed by atoms with van der Waals surface area (Å²) < 4.78 is 0. The fourth-order valence-corrected chi connectivity index (χ4v) is 1.82. The maximum absolute atomic E-state index is 4.15. The predicted octanol–water partition coefficient (Wildman–Crippen LogP) is 3.42. The third-order valence-electron chi connectivity index (χ3n) is 2.35. The van der Waals surface area contributed by atoms with Crippen LogP contribution in [-0.2, 0) is 0 Å². The molecule has 0 saturated heterocycles. The van der Waals surface area contributed by atoms with Gasteiger partial charge in [0.05, 0.1) is 0 Å². The highest BCUT2D eigenvalue weighted by Crippen LogP contribution is 2.22. The van der Waals surface area contributed by atoms with Gasteiger partial charge in [0.25, 0.3) is 0 Å². The molecular weight excluding hydrogens is 190 g/mol. The number of H-pyrrole nitrogens is 1. The number of hydrogen-bond donors (Lipinski definition) is 2. The molecule has 0 bridgehead atoms. The van der Waals surface area contributed by atoms with Crippen molar-refractivity contribution in [1.29, 1.82) is 0 Å². The van der Waals surface area contributed by atoms with Crippen molar-refractivity contribution < 1.29 is 0 Å². The van der Waals surface area contributed by atoms with E-state index in [2.05, 4.69) is 54.9 Å². The van der Waals surface area contributed by atoms with Crippen LogP contribution in [0.25, 0.3) is 17.0 Å². The summed E-state index contributed by atoms with van der Waals surface area (Å²) in [5.74, 6) is 0.776. The van der Waals surface area contributed by atoms with Crippen LogP contribution < -0.4 is 0 Å². The van der Waals surface area contributed by atoms with E-state index in [9.17, 15) is 0 Å². The van der Waals surface area contributed by atoms with E-state index in [4.69, 9.17) is 0 Å². The zero-order valence-corrected chi connectivity index (χ0v) is 9.01. The van der Waals surface area contributed by atoms with Crippen LogP contribution in [0.1, 0.15) is 11.1 Å². The van der Waals surface area contributed by atoms with Gasteiger partial charge in [-0.1, -0.05) is 24.3 Å². The van der Waals surface area contributed by atoms with Crippen LogP contribution in [0.5, 0.6) is 0 Å². The Bertz CT molecular complexity index is 468. The molecule has 0 fully saturated rings. The summed E-state index contributed by atoms with van der Waals surface area (Å²) in [6, 6.07) is 6.30. The van der Waals surface area contributed by atoms with E-state index in [-0.39, 0.29) is 0 Å². The minimum absolute atomic E-state index is 0.776. The smallest absolute Gasteiger partial charge is 0.0462 e. The minimum atomic E-state index is 0.776. The lowest BCUT2D eigenvalue weighted by atomic mass is 10.1. The molecule has 0 aliphatic carbocycles. The minimum Gasteiger partial charge on any atom is -0.361 e. The lowest BCUT2D eigenvalue weighted by Crippen LogP contribution is -1.75. The van der Waals surface area contributed by atoms with Crippen molar-refractivity contribution in [1.82, 2.24) is 4.98 Å². The van der Waals surface area contributed by atoms with Crippen LogP contribution in [0.15, 0.2) is 30.5 Å². The number of thiol groups is 1. The SMILES string of the molecule is Cc1cccc2[nH]cc(C=CCS)c12. The van der Waals surface area contributed by atoms with Gasteiger partial charge in [-0.25, -0.2) is 0 Å². The first-order chi connectivity index (χ1) is 6.83. The molecule has 2 heteroatoms. The van der Waals surface area contributed by atoms with Gasteiger partial charge in [0.1, 0.15) is 0 Å². The third kappa shape index (κ3) is 1.58. The van der Waals surface area contributed by atoms with Crippen LogP contribution in [0.4, 0.5) is 0 Å². The quantitative estimate of drug-likeness (QED) is 0.696. The highest BCUT2D eigenvalue weighted by atomic mass is 32.1. The molecule has 1 aromatic heterocycles. The Balaban J connectivity index is 2.61. The van der Waals surface area contributed by atoms with E-state index in [1.54, 1.807) is 0 Å². The van der Waals surface area contributed by atoms with Gasteiger partial charge in [0, 0.05) is 22.9 Å². The molecule has 1 N–H and O–H groups in total. The van der Waals surface area contributed by atoms with Gasteiger partial charge in [-0.2, -0.15) is 12.6 Å². The van der Waals surface area contributed by atoms with Crippen molar-refractivity contribution in [3.8, 4) is 0 Å². The fourth-order valence-electron chi connectivity index (χ4n) is 1.71. The summed E-state index contributed by atoms with van der Waals surface area (Å²) in [4.78, 5) is 3.26. The molecule has 0 aliphatic rings. The standard InChI is InChI=1S/C12H13NS/c1-9-4-2-6-11-12(9)10(8-13-11)5-3-7-14/h2-6,8,13-14H,7H2,1H3. The molecule has 0 amide bonds. The zero-order valence-electron chi connectivity index (χ0n) is 8.12. The largest absolute Gasteiger partial charge is 0.361 e. The van der Waals surface area contributed by atoms with Crippen molar-refractivity contribution in [2.75, 3.05) is 5.75 Å². The lowest BCUT2D eigenvalue weighted by Gasteiger charge is -1.96. The molecule has 0 spiro atoms. The van der Waals surface area contributed by atoms with Crippen molar-refractivity contribution in [2.24, 2.45) is 0 Å². The maximum Gasteiger partial charge on any atom is 0.0462 e. The van der Waals surface area contributed by atoms with Gasteiger partial charge in [-0.05, 0) is 24.1 Å². The Morgan fingerprint density at radius 1 is 1.43 bits per heavy atom. The normalized spacial score (nSPS) is 11.6. The summed E-state index contributed by atoms with van der Waals surface area (Å²) in [5, 5.41) is 1.31. The molecular formula is C12H13NS. The van der Waals surface area contributed by atoms with Gasteiger partial charge in [0.15, 0.2) is 0 Å². The highest BCUT2D eigenvalue weighted by Gasteiger charge is 2.02. The summed E-state index contributed by atoms with van der Waals surface area (Å²) in [6.45, 7) is 2.13. The first-order valence-corrected chi connectivity index (χ1v) is 5.30. The fraction of sp³-hybridized carbons (Fsp3) is 0.167. The summed E-state index contributed by atoms with van der Waals surface area (Å²) in [5.41, 5.74) is 3.75. The Labute approximate surface area is 89.2 Å². The van der Waals surface area contributed by atoms with E-state index < -0.39 is 0 Å². The van der Waals surface area contributed by atoms with Gasteiger partial charge in [0.2, 0.25) is 0 Å². The van der Waals surface area contributed by atoms with Crippen molar-refractivity contribution in [2.45, 2.75) is 6.92 Å². The Hall–Kier alpha value is -1.15. The van der Waals surface area contributed by atoms with E-state index in [0.29, 0.717) is 0 Å². The number of rotatable bonds is 2. The number of aromatic amines is 1. The van der Waals surface area contributed by atoms with Crippen LogP contribution in [0.2, 0.25) is 0 Å². The Morgan fingerprint density at radius 3 is 3.07 bits per heavy atom. The zero-order chi connectivity index (χ0) is 9.97. The van der Waals surface area contributed by atoms with E-state index in [1.165, 1.54) is 22.0 Å². The second kappa shape index (κ2) is 3.93. The summed E-state index contributed by atoms with van der Waals surface area (Å²) in [6.07, 6.45) is 6.20. The first-order valence-electron chi connectivity index (χ1n) is 4.67. The second-order valence-electron chi connectivity index (χ2n) is 3.33. The average Bonchev–Trinajstić information content (AvgIpc) is 2.59. The predicted molar refractivity (Wildman–Crippen MR) is 65.9 cm³/mol. The Morgan fingerprint density at radius 2 is 2.29 bits per heavy atom. The Kier molecular flexibility index (Phi) is 2.64. The molecule has 1 heterocycles. The van der Waals surface area contributed by atoms with E-state index in [1.807, 2.05) is 6.20 Å². The van der Waals surface area contributed by atoms with Crippen molar-refractivity contribution in [3.05, 3.63) is 41.6 Å². The van der Waals surface area contributed by atoms with Crippen LogP contribution in [-0.4, -0.2) is 10.7 Å². The van der Waals surface area contributed by atoms with Gasteiger partial charge in [-0.3, -0.25) is 0 Å². The molecule has 72 valence electrons. The van der Waals surface area contributed by atoms with Gasteiger partial charge >= 0.3 is 0 Å². The monoisotopic (exact) mass is 203 g/mol. The molecule has 2 rings (SSSR count). The first kappa shape index (κ1) is 9.41. The molecule has 0 unspecified atom stereocenters. The molecule has 0 saturated carbocycles. The number of aromatic nitrogens is 1. The van der Waals surface area contributed by atoms with E-state index >= 15 is 0 Å². The van der Waals surface area contributed by atoms with Crippen molar-refractivity contribution >= 4 is 29.6 Å². The lowest BCUT2D eigenvalue weighted by molar-refractivity contribution is 1.46. The van der Waals surface area contributed by atoms with Gasteiger partial charge < -0.3 is 4.98 Å². The number of fused-ring (bicyclic) bond motifs is 1. The third-order valence-corrected chi connectivity index (χ3v) is 2.56. The molecule has 0 radical (unpaired) electrons. The average molecular weight is 203 g/mol. The highest BCUT2D eigenvalue weighted by molar-refractivity contribution is 7.80. The molecule has 1 nitrogen and oxygen atoms in total. The number of benzene rings is 1. The molecule has 2 aromatic rings. The number of nitrogens with one attached hydrogen (secondary N) is 1. The van der Waals surface area contributed by atoms with Crippen molar-refractivity contribution in [3.63, 3.8) is 0 Å². The molecule has 14 heavy (non-hydrogen) atoms.